The number of pyridine rings is 1. The van der Waals surface area contributed by atoms with Crippen LogP contribution in [0.25, 0.3) is 23.1 Å². The third-order valence-electron chi connectivity index (χ3n) is 4.69. The zero-order chi connectivity index (χ0) is 21.1. The third-order valence-corrected chi connectivity index (χ3v) is 6.07. The van der Waals surface area contributed by atoms with Crippen LogP contribution in [0, 0.1) is 6.92 Å². The first-order valence-electron chi connectivity index (χ1n) is 9.38. The molecule has 4 aromatic rings. The second-order valence-corrected chi connectivity index (χ2v) is 8.61. The van der Waals surface area contributed by atoms with Gasteiger partial charge >= 0.3 is 0 Å². The van der Waals surface area contributed by atoms with Gasteiger partial charge in [-0.15, -0.1) is 0 Å². The van der Waals surface area contributed by atoms with E-state index in [0.717, 1.165) is 10.9 Å². The lowest BCUT2D eigenvalue weighted by molar-refractivity contribution is 0.480. The van der Waals surface area contributed by atoms with Crippen LogP contribution in [0.15, 0.2) is 83.8 Å². The molecule has 0 aliphatic carbocycles. The van der Waals surface area contributed by atoms with Gasteiger partial charge in [-0.3, -0.25) is 4.72 Å². The van der Waals surface area contributed by atoms with Crippen LogP contribution in [0.3, 0.4) is 0 Å². The quantitative estimate of drug-likeness (QED) is 0.467. The number of hydrogen-bond donors (Lipinski definition) is 2. The van der Waals surface area contributed by atoms with Gasteiger partial charge in [0.25, 0.3) is 10.0 Å². The first-order chi connectivity index (χ1) is 14.4. The summed E-state index contributed by atoms with van der Waals surface area (Å²) >= 11 is 0. The molecule has 6 heteroatoms. The van der Waals surface area contributed by atoms with Crippen LogP contribution in [0.2, 0.25) is 0 Å². The normalized spacial score (nSPS) is 11.8. The number of fused-ring (bicyclic) bond motifs is 1. The Bertz CT molecular complexity index is 1340. The maximum atomic E-state index is 12.7. The average molecular weight is 417 g/mol. The van der Waals surface area contributed by atoms with E-state index in [1.165, 1.54) is 0 Å². The molecule has 3 aromatic carbocycles. The van der Waals surface area contributed by atoms with Crippen molar-refractivity contribution < 1.29 is 13.5 Å². The first kappa shape index (κ1) is 19.7. The van der Waals surface area contributed by atoms with Gasteiger partial charge in [0.05, 0.1) is 16.3 Å². The summed E-state index contributed by atoms with van der Waals surface area (Å²) in [5.74, 6) is 0.119. The summed E-state index contributed by atoms with van der Waals surface area (Å²) in [7, 11) is -3.70. The fourth-order valence-corrected chi connectivity index (χ4v) is 4.16. The molecule has 30 heavy (non-hydrogen) atoms. The molecular weight excluding hydrogens is 396 g/mol. The van der Waals surface area contributed by atoms with E-state index in [-0.39, 0.29) is 10.6 Å². The molecular formula is C24H20N2O3S. The van der Waals surface area contributed by atoms with Gasteiger partial charge in [0.1, 0.15) is 11.3 Å². The Labute approximate surface area is 175 Å². The average Bonchev–Trinajstić information content (AvgIpc) is 2.74. The number of para-hydroxylation sites is 2. The summed E-state index contributed by atoms with van der Waals surface area (Å²) in [5.41, 5.74) is 3.34. The molecule has 4 rings (SSSR count). The summed E-state index contributed by atoms with van der Waals surface area (Å²) in [6.07, 6.45) is 3.58. The smallest absolute Gasteiger partial charge is 0.261 e. The van der Waals surface area contributed by atoms with E-state index >= 15 is 0 Å². The number of nitrogens with zero attached hydrogens (tertiary/aromatic N) is 1. The van der Waals surface area contributed by atoms with Gasteiger partial charge in [-0.2, -0.15) is 0 Å². The highest BCUT2D eigenvalue weighted by molar-refractivity contribution is 7.92. The summed E-state index contributed by atoms with van der Waals surface area (Å²) in [5, 5.41) is 10.9. The van der Waals surface area contributed by atoms with Crippen molar-refractivity contribution in [3.05, 3.63) is 95.7 Å². The number of benzene rings is 3. The topological polar surface area (TPSA) is 79.3 Å². The van der Waals surface area contributed by atoms with Crippen molar-refractivity contribution >= 4 is 38.8 Å². The number of nitrogens with one attached hydrogen (secondary N) is 1. The van der Waals surface area contributed by atoms with E-state index < -0.39 is 10.0 Å². The van der Waals surface area contributed by atoms with Crippen molar-refractivity contribution in [2.24, 2.45) is 0 Å². The van der Waals surface area contributed by atoms with Crippen LogP contribution in [-0.4, -0.2) is 18.5 Å². The van der Waals surface area contributed by atoms with Crippen LogP contribution in [0.4, 0.5) is 5.69 Å². The van der Waals surface area contributed by atoms with Gasteiger partial charge in [0, 0.05) is 5.39 Å². The maximum absolute atomic E-state index is 12.7. The number of phenolic OH excluding ortho intramolecular Hbond substituents is 1. The second kappa shape index (κ2) is 8.00. The number of anilines is 1. The van der Waals surface area contributed by atoms with Crippen LogP contribution >= 0.6 is 0 Å². The monoisotopic (exact) mass is 416 g/mol. The predicted molar refractivity (Wildman–Crippen MR) is 121 cm³/mol. The molecule has 0 bridgehead atoms. The molecule has 0 fully saturated rings. The summed E-state index contributed by atoms with van der Waals surface area (Å²) in [4.78, 5) is 4.68. The number of aromatic nitrogens is 1. The highest BCUT2D eigenvalue weighted by Crippen LogP contribution is 2.25. The fraction of sp³-hybridized carbons (Fsp3) is 0.0417. The van der Waals surface area contributed by atoms with Gasteiger partial charge < -0.3 is 5.11 Å². The first-order valence-corrected chi connectivity index (χ1v) is 10.9. The number of hydrogen-bond acceptors (Lipinski definition) is 4. The number of rotatable bonds is 5. The maximum Gasteiger partial charge on any atom is 0.261 e. The van der Waals surface area contributed by atoms with Crippen molar-refractivity contribution in [2.75, 3.05) is 4.72 Å². The van der Waals surface area contributed by atoms with Crippen LogP contribution in [-0.2, 0) is 10.0 Å². The highest BCUT2D eigenvalue weighted by atomic mass is 32.2. The van der Waals surface area contributed by atoms with Gasteiger partial charge in [-0.1, -0.05) is 60.2 Å². The molecule has 0 saturated carbocycles. The van der Waals surface area contributed by atoms with E-state index in [1.807, 2.05) is 37.3 Å². The van der Waals surface area contributed by atoms with Crippen LogP contribution in [0.5, 0.6) is 5.75 Å². The lowest BCUT2D eigenvalue weighted by atomic mass is 10.1. The summed E-state index contributed by atoms with van der Waals surface area (Å²) in [6, 6.07) is 22.8. The number of aryl methyl sites for hydroxylation is 1. The number of aromatic hydroxyl groups is 1. The SMILES string of the molecule is Cc1ccc(S(=O)(=O)Nc2ccccc2C=Cc2ccc3cccc(O)c3n2)cc1. The zero-order valence-corrected chi connectivity index (χ0v) is 17.1. The summed E-state index contributed by atoms with van der Waals surface area (Å²) < 4.78 is 28.2. The molecule has 5 nitrogen and oxygen atoms in total. The highest BCUT2D eigenvalue weighted by Gasteiger charge is 2.15. The molecule has 0 unspecified atom stereocenters. The molecule has 0 atom stereocenters. The summed E-state index contributed by atoms with van der Waals surface area (Å²) in [6.45, 7) is 1.91. The van der Waals surface area contributed by atoms with Gasteiger partial charge in [-0.05, 0) is 48.9 Å². The Kier molecular flexibility index (Phi) is 5.25. The lowest BCUT2D eigenvalue weighted by Gasteiger charge is -2.11. The Balaban J connectivity index is 1.64. The molecule has 2 N–H and O–H groups in total. The van der Waals surface area contributed by atoms with E-state index in [0.29, 0.717) is 22.5 Å². The number of phenols is 1. The minimum atomic E-state index is -3.70. The van der Waals surface area contributed by atoms with Crippen molar-refractivity contribution in [1.82, 2.24) is 4.98 Å². The molecule has 0 aliphatic heterocycles. The number of sulfonamides is 1. The lowest BCUT2D eigenvalue weighted by Crippen LogP contribution is -2.13. The Hall–Kier alpha value is -3.64. The molecule has 1 aromatic heterocycles. The van der Waals surface area contributed by atoms with Crippen LogP contribution in [0.1, 0.15) is 16.8 Å². The van der Waals surface area contributed by atoms with E-state index in [4.69, 9.17) is 0 Å². The largest absolute Gasteiger partial charge is 0.506 e. The molecule has 0 saturated heterocycles. The van der Waals surface area contributed by atoms with Gasteiger partial charge in [-0.25, -0.2) is 13.4 Å². The minimum absolute atomic E-state index is 0.119. The van der Waals surface area contributed by atoms with Crippen LogP contribution < -0.4 is 4.72 Å². The minimum Gasteiger partial charge on any atom is -0.506 e. The Morgan fingerprint density at radius 1 is 0.867 bits per heavy atom. The van der Waals surface area contributed by atoms with E-state index in [9.17, 15) is 13.5 Å². The van der Waals surface area contributed by atoms with Crippen molar-refractivity contribution in [1.29, 1.82) is 0 Å². The standard InChI is InChI=1S/C24H20N2O3S/c1-17-9-15-21(16-10-17)30(28,29)26-22-7-3-2-5-18(22)11-13-20-14-12-19-6-4-8-23(27)24(19)25-20/h2-16,26-27H,1H3. The third kappa shape index (κ3) is 4.18. The fourth-order valence-electron chi connectivity index (χ4n) is 3.07. The Morgan fingerprint density at radius 2 is 1.63 bits per heavy atom. The van der Waals surface area contributed by atoms with Gasteiger partial charge in [0.15, 0.2) is 0 Å². The molecule has 0 radical (unpaired) electrons. The molecule has 0 spiro atoms. The van der Waals surface area contributed by atoms with E-state index in [1.54, 1.807) is 60.7 Å². The molecule has 150 valence electrons. The molecule has 1 heterocycles. The molecule has 0 aliphatic rings. The second-order valence-electron chi connectivity index (χ2n) is 6.92. The van der Waals surface area contributed by atoms with Crippen molar-refractivity contribution in [3.8, 4) is 5.75 Å². The van der Waals surface area contributed by atoms with Crippen molar-refractivity contribution in [2.45, 2.75) is 11.8 Å². The van der Waals surface area contributed by atoms with E-state index in [2.05, 4.69) is 9.71 Å². The zero-order valence-electron chi connectivity index (χ0n) is 16.3. The predicted octanol–water partition coefficient (Wildman–Crippen LogP) is 5.22. The molecule has 0 amide bonds. The van der Waals surface area contributed by atoms with Crippen molar-refractivity contribution in [3.63, 3.8) is 0 Å². The van der Waals surface area contributed by atoms with Gasteiger partial charge in [0.2, 0.25) is 0 Å². The Morgan fingerprint density at radius 3 is 2.43 bits per heavy atom.